The molecule has 0 radical (unpaired) electrons. The average Bonchev–Trinajstić information content (AvgIpc) is 3.22. The molecule has 0 aliphatic heterocycles. The first-order valence-electron chi connectivity index (χ1n) is 17.4. The van der Waals surface area contributed by atoms with E-state index in [2.05, 4.69) is 83.8 Å². The number of fused-ring (bicyclic) bond motifs is 3. The third-order valence-corrected chi connectivity index (χ3v) is 9.59. The Kier molecular flexibility index (Phi) is 8.22. The van der Waals surface area contributed by atoms with Crippen LogP contribution in [0.1, 0.15) is 0 Å². The molecule has 0 fully saturated rings. The fraction of sp³-hybridized carbons (Fsp3) is 0. The summed E-state index contributed by atoms with van der Waals surface area (Å²) in [7, 11) is 0. The molecule has 0 atom stereocenters. The Bertz CT molecular complexity index is 2700. The van der Waals surface area contributed by atoms with Crippen LogP contribution in [0.5, 0.6) is 0 Å². The van der Waals surface area contributed by atoms with Crippen molar-refractivity contribution < 1.29 is 8.78 Å². The fourth-order valence-corrected chi connectivity index (χ4v) is 6.90. The standard InChI is InChI=1S/C48H31F2N3/c49-39-20-13-32(14-21-39)33-15-24-41(25-16-33)53(43-28-22-40(50)23-29-43)42-26-17-34(18-27-42)38-12-11-35-19-30-45-48(44(35)31-38)52-47(37-9-5-2-6-10-37)46(51-45)36-7-3-1-4-8-36/h1-31H. The molecule has 0 spiro atoms. The smallest absolute Gasteiger partial charge is 0.123 e. The molecule has 252 valence electrons. The zero-order chi connectivity index (χ0) is 35.7. The number of benzene rings is 8. The highest BCUT2D eigenvalue weighted by molar-refractivity contribution is 6.07. The molecule has 0 aliphatic carbocycles. The second-order valence-corrected chi connectivity index (χ2v) is 12.9. The van der Waals surface area contributed by atoms with E-state index in [1.807, 2.05) is 60.7 Å². The summed E-state index contributed by atoms with van der Waals surface area (Å²) in [6.07, 6.45) is 0. The van der Waals surface area contributed by atoms with Gasteiger partial charge in [-0.1, -0.05) is 115 Å². The molecule has 0 amide bonds. The van der Waals surface area contributed by atoms with Crippen molar-refractivity contribution in [2.24, 2.45) is 0 Å². The van der Waals surface area contributed by atoms with Crippen molar-refractivity contribution in [3.05, 3.63) is 200 Å². The lowest BCUT2D eigenvalue weighted by Crippen LogP contribution is -2.09. The van der Waals surface area contributed by atoms with Crippen molar-refractivity contribution in [2.75, 3.05) is 4.90 Å². The molecule has 1 aromatic heterocycles. The van der Waals surface area contributed by atoms with E-state index < -0.39 is 0 Å². The van der Waals surface area contributed by atoms with Crippen LogP contribution in [0, 0.1) is 11.6 Å². The molecule has 0 N–H and O–H groups in total. The Morgan fingerprint density at radius 2 is 0.774 bits per heavy atom. The Balaban J connectivity index is 1.11. The van der Waals surface area contributed by atoms with E-state index in [1.54, 1.807) is 24.3 Å². The normalized spacial score (nSPS) is 11.2. The van der Waals surface area contributed by atoms with Gasteiger partial charge in [0.25, 0.3) is 0 Å². The summed E-state index contributed by atoms with van der Waals surface area (Å²) in [6, 6.07) is 60.5. The topological polar surface area (TPSA) is 29.0 Å². The minimum Gasteiger partial charge on any atom is -0.311 e. The van der Waals surface area contributed by atoms with Crippen molar-refractivity contribution in [2.45, 2.75) is 0 Å². The molecule has 3 nitrogen and oxygen atoms in total. The zero-order valence-electron chi connectivity index (χ0n) is 28.5. The highest BCUT2D eigenvalue weighted by Gasteiger charge is 2.17. The van der Waals surface area contributed by atoms with E-state index in [1.165, 1.54) is 24.3 Å². The maximum Gasteiger partial charge on any atom is 0.123 e. The Morgan fingerprint density at radius 1 is 0.358 bits per heavy atom. The van der Waals surface area contributed by atoms with E-state index >= 15 is 0 Å². The van der Waals surface area contributed by atoms with Gasteiger partial charge in [0, 0.05) is 33.6 Å². The summed E-state index contributed by atoms with van der Waals surface area (Å²) in [5.74, 6) is -0.562. The number of nitrogens with zero attached hydrogens (tertiary/aromatic N) is 3. The van der Waals surface area contributed by atoms with Crippen LogP contribution in [-0.2, 0) is 0 Å². The van der Waals surface area contributed by atoms with E-state index in [0.29, 0.717) is 0 Å². The van der Waals surface area contributed by atoms with Crippen molar-refractivity contribution in [1.29, 1.82) is 0 Å². The number of halogens is 2. The van der Waals surface area contributed by atoms with Gasteiger partial charge in [0.15, 0.2) is 0 Å². The summed E-state index contributed by atoms with van der Waals surface area (Å²) in [6.45, 7) is 0. The van der Waals surface area contributed by atoms with Gasteiger partial charge in [-0.25, -0.2) is 18.7 Å². The lowest BCUT2D eigenvalue weighted by atomic mass is 9.99. The molecule has 0 saturated carbocycles. The number of hydrogen-bond acceptors (Lipinski definition) is 3. The van der Waals surface area contributed by atoms with Crippen LogP contribution in [0.3, 0.4) is 0 Å². The first-order chi connectivity index (χ1) is 26.1. The molecule has 0 saturated heterocycles. The highest BCUT2D eigenvalue weighted by atomic mass is 19.1. The van der Waals surface area contributed by atoms with E-state index in [-0.39, 0.29) is 11.6 Å². The first kappa shape index (κ1) is 32.0. The molecule has 9 rings (SSSR count). The minimum absolute atomic E-state index is 0.267. The molecule has 9 aromatic rings. The van der Waals surface area contributed by atoms with Gasteiger partial charge >= 0.3 is 0 Å². The molecule has 0 bridgehead atoms. The lowest BCUT2D eigenvalue weighted by Gasteiger charge is -2.26. The molecule has 0 aliphatic rings. The van der Waals surface area contributed by atoms with E-state index in [0.717, 1.165) is 83.6 Å². The Hall–Kier alpha value is -6.98. The number of anilines is 3. The summed E-state index contributed by atoms with van der Waals surface area (Å²) in [5, 5.41) is 2.12. The molecule has 0 unspecified atom stereocenters. The fourth-order valence-electron chi connectivity index (χ4n) is 6.90. The van der Waals surface area contributed by atoms with Crippen LogP contribution in [0.2, 0.25) is 0 Å². The third-order valence-electron chi connectivity index (χ3n) is 9.59. The molecule has 53 heavy (non-hydrogen) atoms. The minimum atomic E-state index is -0.295. The second-order valence-electron chi connectivity index (χ2n) is 12.9. The molecule has 1 heterocycles. The van der Waals surface area contributed by atoms with Crippen molar-refractivity contribution in [3.8, 4) is 44.8 Å². The molecule has 8 aromatic carbocycles. The Labute approximate surface area is 306 Å². The van der Waals surface area contributed by atoms with Crippen LogP contribution in [0.4, 0.5) is 25.8 Å². The summed E-state index contributed by atoms with van der Waals surface area (Å²) in [5.41, 5.74) is 12.1. The first-order valence-corrected chi connectivity index (χ1v) is 17.4. The van der Waals surface area contributed by atoms with Crippen LogP contribution in [0.25, 0.3) is 66.6 Å². The monoisotopic (exact) mass is 687 g/mol. The van der Waals surface area contributed by atoms with Crippen LogP contribution in [-0.4, -0.2) is 9.97 Å². The predicted molar refractivity (Wildman–Crippen MR) is 213 cm³/mol. The number of aromatic nitrogens is 2. The van der Waals surface area contributed by atoms with Gasteiger partial charge in [-0.05, 0) is 100 Å². The van der Waals surface area contributed by atoms with Gasteiger partial charge in [0.05, 0.1) is 22.4 Å². The second kappa shape index (κ2) is 13.6. The summed E-state index contributed by atoms with van der Waals surface area (Å²) in [4.78, 5) is 12.6. The highest BCUT2D eigenvalue weighted by Crippen LogP contribution is 2.38. The largest absolute Gasteiger partial charge is 0.311 e. The third kappa shape index (κ3) is 6.30. The summed E-state index contributed by atoms with van der Waals surface area (Å²) < 4.78 is 27.6. The van der Waals surface area contributed by atoms with Gasteiger partial charge < -0.3 is 4.90 Å². The number of rotatable bonds is 7. The van der Waals surface area contributed by atoms with E-state index in [9.17, 15) is 8.78 Å². The van der Waals surface area contributed by atoms with Gasteiger partial charge in [-0.2, -0.15) is 0 Å². The Morgan fingerprint density at radius 3 is 1.32 bits per heavy atom. The van der Waals surface area contributed by atoms with Crippen molar-refractivity contribution >= 4 is 38.9 Å². The zero-order valence-corrected chi connectivity index (χ0v) is 28.5. The van der Waals surface area contributed by atoms with Gasteiger partial charge in [0.2, 0.25) is 0 Å². The van der Waals surface area contributed by atoms with Crippen molar-refractivity contribution in [1.82, 2.24) is 9.97 Å². The molecule has 5 heteroatoms. The van der Waals surface area contributed by atoms with Crippen molar-refractivity contribution in [3.63, 3.8) is 0 Å². The SMILES string of the molecule is Fc1ccc(-c2ccc(N(c3ccc(F)cc3)c3ccc(-c4ccc5ccc6nc(-c7ccccc7)c(-c7ccccc7)nc6c5c4)cc3)cc2)cc1. The maximum atomic E-state index is 14.0. The quantitative estimate of drug-likeness (QED) is 0.156. The average molecular weight is 688 g/mol. The van der Waals surface area contributed by atoms with Crippen LogP contribution >= 0.6 is 0 Å². The van der Waals surface area contributed by atoms with Gasteiger partial charge in [0.1, 0.15) is 11.6 Å². The van der Waals surface area contributed by atoms with E-state index in [4.69, 9.17) is 9.97 Å². The lowest BCUT2D eigenvalue weighted by molar-refractivity contribution is 0.627. The van der Waals surface area contributed by atoms with Gasteiger partial charge in [-0.3, -0.25) is 0 Å². The van der Waals surface area contributed by atoms with Crippen LogP contribution in [0.15, 0.2) is 188 Å². The molecular weight excluding hydrogens is 657 g/mol. The predicted octanol–water partition coefficient (Wildman–Crippen LogP) is 13.2. The summed E-state index contributed by atoms with van der Waals surface area (Å²) >= 11 is 0. The maximum absolute atomic E-state index is 14.0. The van der Waals surface area contributed by atoms with Gasteiger partial charge in [-0.15, -0.1) is 0 Å². The van der Waals surface area contributed by atoms with Crippen LogP contribution < -0.4 is 4.90 Å². The number of hydrogen-bond donors (Lipinski definition) is 0. The molecular formula is C48H31F2N3.